The molecule has 0 unspecified atom stereocenters. The minimum absolute atomic E-state index is 0.328. The maximum Gasteiger partial charge on any atom is 0.249 e. The number of halogens is 2. The molecule has 1 heterocycles. The Morgan fingerprint density at radius 2 is 1.81 bits per heavy atom. The number of nitrogens with one attached hydrogen (secondary N) is 2. The lowest BCUT2D eigenvalue weighted by atomic mass is 10.2. The van der Waals surface area contributed by atoms with E-state index in [2.05, 4.69) is 25.8 Å². The second-order valence-electron chi connectivity index (χ2n) is 5.63. The summed E-state index contributed by atoms with van der Waals surface area (Å²) < 4.78 is 5.35. The molecule has 3 rings (SSSR count). The fourth-order valence-electron chi connectivity index (χ4n) is 2.35. The lowest BCUT2D eigenvalue weighted by Crippen LogP contribution is -2.04. The van der Waals surface area contributed by atoms with Crippen molar-refractivity contribution in [3.63, 3.8) is 0 Å². The third kappa shape index (κ3) is 3.98. The summed E-state index contributed by atoms with van der Waals surface area (Å²) >= 11 is 12.3. The zero-order valence-corrected chi connectivity index (χ0v) is 16.0. The first-order chi connectivity index (χ1) is 12.5. The number of methoxy groups -OCH3 is 1. The largest absolute Gasteiger partial charge is 0.495 e. The first-order valence-electron chi connectivity index (χ1n) is 7.81. The number of aromatic nitrogens is 3. The first kappa shape index (κ1) is 18.2. The minimum Gasteiger partial charge on any atom is -0.495 e. The molecule has 2 N–H and O–H groups in total. The Labute approximate surface area is 161 Å². The van der Waals surface area contributed by atoms with E-state index in [0.717, 1.165) is 16.8 Å². The highest BCUT2D eigenvalue weighted by molar-refractivity contribution is 6.32. The topological polar surface area (TPSA) is 72.0 Å². The lowest BCUT2D eigenvalue weighted by Gasteiger charge is -2.13. The van der Waals surface area contributed by atoms with Gasteiger partial charge in [0.05, 0.1) is 19.0 Å². The maximum absolute atomic E-state index is 6.15. The summed E-state index contributed by atoms with van der Waals surface area (Å²) in [7, 11) is 1.57. The van der Waals surface area contributed by atoms with Crippen LogP contribution in [0.4, 0.5) is 23.1 Å². The highest BCUT2D eigenvalue weighted by atomic mass is 35.5. The van der Waals surface area contributed by atoms with E-state index < -0.39 is 0 Å². The smallest absolute Gasteiger partial charge is 0.249 e. The van der Waals surface area contributed by atoms with Crippen molar-refractivity contribution in [1.29, 1.82) is 0 Å². The molecule has 0 fully saturated rings. The number of benzene rings is 2. The quantitative estimate of drug-likeness (QED) is 0.617. The molecule has 0 atom stereocenters. The van der Waals surface area contributed by atoms with Gasteiger partial charge in [0, 0.05) is 21.8 Å². The SMILES string of the molecule is COc1cc(Cl)c(C)cc1Nc1nncc(Nc2cccc(Cl)c2C)n1. The van der Waals surface area contributed by atoms with E-state index in [1.807, 2.05) is 38.1 Å². The van der Waals surface area contributed by atoms with Gasteiger partial charge in [0.15, 0.2) is 5.82 Å². The number of hydrogen-bond acceptors (Lipinski definition) is 6. The van der Waals surface area contributed by atoms with Crippen molar-refractivity contribution >= 4 is 46.3 Å². The predicted octanol–water partition coefficient (Wildman–Crippen LogP) is 5.29. The van der Waals surface area contributed by atoms with Gasteiger partial charge < -0.3 is 15.4 Å². The Morgan fingerprint density at radius 3 is 2.58 bits per heavy atom. The van der Waals surface area contributed by atoms with Crippen LogP contribution < -0.4 is 15.4 Å². The number of nitrogens with zero attached hydrogens (tertiary/aromatic N) is 3. The van der Waals surface area contributed by atoms with Crippen LogP contribution in [0.1, 0.15) is 11.1 Å². The second kappa shape index (κ2) is 7.76. The molecule has 8 heteroatoms. The van der Waals surface area contributed by atoms with Crippen LogP contribution in [0.2, 0.25) is 10.0 Å². The van der Waals surface area contributed by atoms with Crippen molar-refractivity contribution < 1.29 is 4.74 Å². The Morgan fingerprint density at radius 1 is 1.00 bits per heavy atom. The van der Waals surface area contributed by atoms with Gasteiger partial charge in [-0.15, -0.1) is 5.10 Å². The van der Waals surface area contributed by atoms with Gasteiger partial charge in [-0.2, -0.15) is 10.1 Å². The molecule has 0 aliphatic carbocycles. The van der Waals surface area contributed by atoms with Crippen LogP contribution in [0.15, 0.2) is 36.5 Å². The summed E-state index contributed by atoms with van der Waals surface area (Å²) in [6.07, 6.45) is 1.54. The highest BCUT2D eigenvalue weighted by Crippen LogP contribution is 2.32. The predicted molar refractivity (Wildman–Crippen MR) is 105 cm³/mol. The molecule has 0 aliphatic heterocycles. The third-order valence-electron chi connectivity index (χ3n) is 3.82. The summed E-state index contributed by atoms with van der Waals surface area (Å²) in [6, 6.07) is 9.23. The average molecular weight is 390 g/mol. The molecule has 0 aliphatic rings. The van der Waals surface area contributed by atoms with Gasteiger partial charge in [-0.1, -0.05) is 29.3 Å². The molecule has 0 saturated carbocycles. The van der Waals surface area contributed by atoms with E-state index in [1.54, 1.807) is 13.2 Å². The van der Waals surface area contributed by atoms with E-state index in [-0.39, 0.29) is 0 Å². The molecule has 134 valence electrons. The van der Waals surface area contributed by atoms with Crippen LogP contribution in [-0.4, -0.2) is 22.3 Å². The van der Waals surface area contributed by atoms with Gasteiger partial charge in [0.25, 0.3) is 0 Å². The highest BCUT2D eigenvalue weighted by Gasteiger charge is 2.10. The fraction of sp³-hybridized carbons (Fsp3) is 0.167. The average Bonchev–Trinajstić information content (AvgIpc) is 2.62. The molecule has 0 saturated heterocycles. The Kier molecular flexibility index (Phi) is 5.44. The van der Waals surface area contributed by atoms with Gasteiger partial charge in [0.2, 0.25) is 5.95 Å². The Balaban J connectivity index is 1.86. The van der Waals surface area contributed by atoms with Crippen molar-refractivity contribution in [3.8, 4) is 5.75 Å². The van der Waals surface area contributed by atoms with Crippen LogP contribution in [0, 0.1) is 13.8 Å². The van der Waals surface area contributed by atoms with Crippen LogP contribution in [0.3, 0.4) is 0 Å². The number of aryl methyl sites for hydroxylation is 1. The van der Waals surface area contributed by atoms with Gasteiger partial charge in [-0.05, 0) is 43.2 Å². The summed E-state index contributed by atoms with van der Waals surface area (Å²) in [4.78, 5) is 4.43. The van der Waals surface area contributed by atoms with Crippen molar-refractivity contribution in [2.75, 3.05) is 17.7 Å². The minimum atomic E-state index is 0.328. The third-order valence-corrected chi connectivity index (χ3v) is 4.63. The van der Waals surface area contributed by atoms with Crippen LogP contribution in [-0.2, 0) is 0 Å². The number of hydrogen-bond donors (Lipinski definition) is 2. The summed E-state index contributed by atoms with van der Waals surface area (Å²) in [5, 5.41) is 15.6. The normalized spacial score (nSPS) is 10.5. The standard InChI is InChI=1S/C18H17Cl2N5O/c1-10-7-15(16(26-3)8-13(10)20)23-18-24-17(9-21-25-18)22-14-6-4-5-12(19)11(14)2/h4-9H,1-3H3,(H2,22,23,24,25). The molecular formula is C18H17Cl2N5O. The molecule has 0 amide bonds. The summed E-state index contributed by atoms with van der Waals surface area (Å²) in [5.41, 5.74) is 3.39. The second-order valence-corrected chi connectivity index (χ2v) is 6.44. The zero-order chi connectivity index (χ0) is 18.7. The monoisotopic (exact) mass is 389 g/mol. The van der Waals surface area contributed by atoms with Gasteiger partial charge >= 0.3 is 0 Å². The number of rotatable bonds is 5. The first-order valence-corrected chi connectivity index (χ1v) is 8.56. The molecule has 2 aromatic carbocycles. The summed E-state index contributed by atoms with van der Waals surface area (Å²) in [6.45, 7) is 3.84. The van der Waals surface area contributed by atoms with Crippen molar-refractivity contribution in [1.82, 2.24) is 15.2 Å². The lowest BCUT2D eigenvalue weighted by molar-refractivity contribution is 0.416. The van der Waals surface area contributed by atoms with E-state index in [1.165, 1.54) is 6.20 Å². The molecule has 0 bridgehead atoms. The van der Waals surface area contributed by atoms with Crippen molar-refractivity contribution in [2.24, 2.45) is 0 Å². The van der Waals surface area contributed by atoms with Crippen molar-refractivity contribution in [3.05, 3.63) is 57.7 Å². The molecule has 6 nitrogen and oxygen atoms in total. The number of ether oxygens (including phenoxy) is 1. The maximum atomic E-state index is 6.15. The Hall–Kier alpha value is -2.57. The van der Waals surface area contributed by atoms with E-state index in [0.29, 0.717) is 33.2 Å². The van der Waals surface area contributed by atoms with Gasteiger partial charge in [0.1, 0.15) is 5.75 Å². The van der Waals surface area contributed by atoms with Crippen LogP contribution in [0.5, 0.6) is 5.75 Å². The fourth-order valence-corrected chi connectivity index (χ4v) is 2.68. The molecule has 0 spiro atoms. The van der Waals surface area contributed by atoms with Gasteiger partial charge in [-0.3, -0.25) is 0 Å². The van der Waals surface area contributed by atoms with Gasteiger partial charge in [-0.25, -0.2) is 0 Å². The molecule has 0 radical (unpaired) electrons. The van der Waals surface area contributed by atoms with E-state index >= 15 is 0 Å². The molecule has 3 aromatic rings. The Bertz CT molecular complexity index is 949. The molecule has 26 heavy (non-hydrogen) atoms. The van der Waals surface area contributed by atoms with E-state index in [4.69, 9.17) is 27.9 Å². The molecular weight excluding hydrogens is 373 g/mol. The van der Waals surface area contributed by atoms with Crippen LogP contribution >= 0.6 is 23.2 Å². The van der Waals surface area contributed by atoms with E-state index in [9.17, 15) is 0 Å². The number of anilines is 4. The summed E-state index contributed by atoms with van der Waals surface area (Å²) in [5.74, 6) is 1.46. The van der Waals surface area contributed by atoms with Crippen LogP contribution in [0.25, 0.3) is 0 Å². The zero-order valence-electron chi connectivity index (χ0n) is 14.5. The molecule has 1 aromatic heterocycles. The van der Waals surface area contributed by atoms with Crippen molar-refractivity contribution in [2.45, 2.75) is 13.8 Å².